The molecule has 2 aliphatic carbocycles. The van der Waals surface area contributed by atoms with E-state index in [1.165, 1.54) is 38.5 Å². The summed E-state index contributed by atoms with van der Waals surface area (Å²) in [5.41, 5.74) is 0. The predicted molar refractivity (Wildman–Crippen MR) is 115 cm³/mol. The number of nitrogens with one attached hydrogen (secondary N) is 3. The van der Waals surface area contributed by atoms with Crippen LogP contribution >= 0.6 is 0 Å². The lowest BCUT2D eigenvalue weighted by atomic mass is 9.85. The Kier molecular flexibility index (Phi) is 8.44. The maximum absolute atomic E-state index is 11.9. The average molecular weight is 392 g/mol. The van der Waals surface area contributed by atoms with E-state index < -0.39 is 0 Å². The van der Waals surface area contributed by atoms with Gasteiger partial charge in [-0.3, -0.25) is 14.7 Å². The van der Waals surface area contributed by atoms with Gasteiger partial charge in [0.25, 0.3) is 0 Å². The van der Waals surface area contributed by atoms with Crippen molar-refractivity contribution in [3.8, 4) is 0 Å². The summed E-state index contributed by atoms with van der Waals surface area (Å²) in [7, 11) is 0. The fourth-order valence-electron chi connectivity index (χ4n) is 4.88. The normalized spacial score (nSPS) is 27.4. The third-order valence-electron chi connectivity index (χ3n) is 6.60. The van der Waals surface area contributed by atoms with Crippen LogP contribution in [0.3, 0.4) is 0 Å². The number of hydrogen-bond donors (Lipinski definition) is 3. The van der Waals surface area contributed by atoms with Gasteiger partial charge >= 0.3 is 0 Å². The van der Waals surface area contributed by atoms with E-state index in [9.17, 15) is 4.79 Å². The molecule has 0 bridgehead atoms. The third-order valence-corrected chi connectivity index (χ3v) is 6.60. The van der Waals surface area contributed by atoms with Crippen LogP contribution in [-0.4, -0.2) is 61.6 Å². The number of carbonyl (C=O) groups is 1. The summed E-state index contributed by atoms with van der Waals surface area (Å²) < 4.78 is 0. The molecule has 0 aromatic heterocycles. The topological polar surface area (TPSA) is 68.8 Å². The molecule has 6 heteroatoms. The summed E-state index contributed by atoms with van der Waals surface area (Å²) in [5.74, 6) is 2.97. The van der Waals surface area contributed by atoms with Crippen molar-refractivity contribution in [1.29, 1.82) is 0 Å². The molecule has 3 aliphatic rings. The Bertz CT molecular complexity index is 509. The van der Waals surface area contributed by atoms with Crippen molar-refractivity contribution in [3.63, 3.8) is 0 Å². The van der Waals surface area contributed by atoms with Gasteiger partial charge in [-0.05, 0) is 44.4 Å². The Morgan fingerprint density at radius 2 is 1.79 bits per heavy atom. The smallest absolute Gasteiger partial charge is 0.234 e. The zero-order valence-corrected chi connectivity index (χ0v) is 18.0. The summed E-state index contributed by atoms with van der Waals surface area (Å²) in [4.78, 5) is 18.9. The second-order valence-corrected chi connectivity index (χ2v) is 8.92. The Hall–Kier alpha value is -1.30. The molecule has 0 radical (unpaired) electrons. The maximum Gasteiger partial charge on any atom is 0.234 e. The minimum atomic E-state index is 0.158. The molecule has 1 saturated heterocycles. The van der Waals surface area contributed by atoms with E-state index in [2.05, 4.69) is 34.7 Å². The molecule has 28 heavy (non-hydrogen) atoms. The molecule has 1 aliphatic heterocycles. The first-order valence-corrected chi connectivity index (χ1v) is 11.8. The molecule has 0 aromatic carbocycles. The van der Waals surface area contributed by atoms with E-state index in [0.717, 1.165) is 63.2 Å². The average Bonchev–Trinajstić information content (AvgIpc) is 3.48. The third kappa shape index (κ3) is 6.64. The Morgan fingerprint density at radius 3 is 2.46 bits per heavy atom. The Labute approximate surface area is 171 Å². The highest BCUT2D eigenvalue weighted by molar-refractivity contribution is 5.81. The van der Waals surface area contributed by atoms with Gasteiger partial charge in [-0.25, -0.2) is 0 Å². The molecule has 3 rings (SSSR count). The number of aliphatic imine (C=N–C) groups is 1. The number of carbonyl (C=O) groups excluding carboxylic acids is 1. The molecule has 2 unspecified atom stereocenters. The van der Waals surface area contributed by atoms with Gasteiger partial charge in [0.2, 0.25) is 5.91 Å². The van der Waals surface area contributed by atoms with Gasteiger partial charge in [0, 0.05) is 38.3 Å². The number of piperidine rings is 1. The lowest BCUT2D eigenvalue weighted by Crippen LogP contribution is -2.50. The molecule has 0 aromatic rings. The lowest BCUT2D eigenvalue weighted by Gasteiger charge is -2.32. The zero-order chi connectivity index (χ0) is 19.8. The van der Waals surface area contributed by atoms with Gasteiger partial charge in [0.15, 0.2) is 5.96 Å². The van der Waals surface area contributed by atoms with Gasteiger partial charge in [-0.2, -0.15) is 0 Å². The highest BCUT2D eigenvalue weighted by atomic mass is 16.2. The molecule has 3 N–H and O–H groups in total. The Balaban J connectivity index is 1.37. The molecule has 2 atom stereocenters. The predicted octanol–water partition coefficient (Wildman–Crippen LogP) is 2.50. The van der Waals surface area contributed by atoms with Crippen molar-refractivity contribution in [2.45, 2.75) is 83.7 Å². The minimum Gasteiger partial charge on any atom is -0.355 e. The summed E-state index contributed by atoms with van der Waals surface area (Å²) in [6.45, 7) is 8.27. The minimum absolute atomic E-state index is 0.158. The van der Waals surface area contributed by atoms with Crippen molar-refractivity contribution >= 4 is 11.9 Å². The maximum atomic E-state index is 11.9. The van der Waals surface area contributed by atoms with Crippen molar-refractivity contribution in [2.24, 2.45) is 16.8 Å². The summed E-state index contributed by atoms with van der Waals surface area (Å²) in [5, 5.41) is 10.4. The molecule has 160 valence electrons. The molecule has 6 nitrogen and oxygen atoms in total. The molecule has 1 heterocycles. The molecule has 1 amide bonds. The van der Waals surface area contributed by atoms with Gasteiger partial charge in [0.1, 0.15) is 0 Å². The van der Waals surface area contributed by atoms with E-state index in [4.69, 9.17) is 4.99 Å². The molecular formula is C22H41N5O. The summed E-state index contributed by atoms with van der Waals surface area (Å²) in [6.07, 6.45) is 11.6. The lowest BCUT2D eigenvalue weighted by molar-refractivity contribution is -0.122. The monoisotopic (exact) mass is 391 g/mol. The van der Waals surface area contributed by atoms with Crippen LogP contribution in [0.25, 0.3) is 0 Å². The largest absolute Gasteiger partial charge is 0.355 e. The first kappa shape index (κ1) is 21.4. The quantitative estimate of drug-likeness (QED) is 0.439. The highest BCUT2D eigenvalue weighted by Gasteiger charge is 2.43. The van der Waals surface area contributed by atoms with E-state index in [0.29, 0.717) is 18.6 Å². The van der Waals surface area contributed by atoms with Crippen LogP contribution in [0.5, 0.6) is 0 Å². The van der Waals surface area contributed by atoms with Crippen molar-refractivity contribution < 1.29 is 4.79 Å². The first-order chi connectivity index (χ1) is 13.7. The SMILES string of the molecule is CCCNC(=O)CN1CCC(NC(=NCC)NC2CC2C2CCCCC2)CC1. The first-order valence-electron chi connectivity index (χ1n) is 11.8. The summed E-state index contributed by atoms with van der Waals surface area (Å²) >= 11 is 0. The molecule has 2 saturated carbocycles. The van der Waals surface area contributed by atoms with E-state index in [-0.39, 0.29) is 5.91 Å². The van der Waals surface area contributed by atoms with Gasteiger partial charge in [-0.1, -0.05) is 39.0 Å². The van der Waals surface area contributed by atoms with Gasteiger partial charge in [-0.15, -0.1) is 0 Å². The zero-order valence-electron chi connectivity index (χ0n) is 18.0. The number of hydrogen-bond acceptors (Lipinski definition) is 3. The fraction of sp³-hybridized carbons (Fsp3) is 0.909. The number of amides is 1. The van der Waals surface area contributed by atoms with Crippen molar-refractivity contribution in [3.05, 3.63) is 0 Å². The standard InChI is InChI=1S/C22H41N5O/c1-3-12-24-21(28)16-27-13-10-18(11-14-27)25-22(23-4-2)26-20-15-19(20)17-8-6-5-7-9-17/h17-20H,3-16H2,1-2H3,(H,24,28)(H2,23,25,26). The number of nitrogens with zero attached hydrogens (tertiary/aromatic N) is 2. The van der Waals surface area contributed by atoms with E-state index in [1.54, 1.807) is 0 Å². The van der Waals surface area contributed by atoms with E-state index >= 15 is 0 Å². The van der Waals surface area contributed by atoms with Crippen LogP contribution in [0.1, 0.15) is 71.6 Å². The molecular weight excluding hydrogens is 350 g/mol. The highest BCUT2D eigenvalue weighted by Crippen LogP contribution is 2.44. The second-order valence-electron chi connectivity index (χ2n) is 8.92. The van der Waals surface area contributed by atoms with Crippen LogP contribution in [0.4, 0.5) is 0 Å². The summed E-state index contributed by atoms with van der Waals surface area (Å²) in [6, 6.07) is 1.09. The van der Waals surface area contributed by atoms with Crippen molar-refractivity contribution in [2.75, 3.05) is 32.7 Å². The second kappa shape index (κ2) is 11.0. The van der Waals surface area contributed by atoms with Crippen LogP contribution in [-0.2, 0) is 4.79 Å². The van der Waals surface area contributed by atoms with E-state index in [1.807, 2.05) is 0 Å². The Morgan fingerprint density at radius 1 is 1.04 bits per heavy atom. The van der Waals surface area contributed by atoms with Crippen LogP contribution in [0, 0.1) is 11.8 Å². The van der Waals surface area contributed by atoms with Crippen molar-refractivity contribution in [1.82, 2.24) is 20.9 Å². The van der Waals surface area contributed by atoms with Gasteiger partial charge < -0.3 is 16.0 Å². The molecule has 0 spiro atoms. The van der Waals surface area contributed by atoms with Crippen LogP contribution < -0.4 is 16.0 Å². The van der Waals surface area contributed by atoms with Crippen LogP contribution in [0.15, 0.2) is 4.99 Å². The number of likely N-dealkylation sites (tertiary alicyclic amines) is 1. The molecule has 3 fully saturated rings. The van der Waals surface area contributed by atoms with Crippen LogP contribution in [0.2, 0.25) is 0 Å². The number of rotatable bonds is 8. The van der Waals surface area contributed by atoms with Gasteiger partial charge in [0.05, 0.1) is 6.54 Å². The number of guanidine groups is 1. The fourth-order valence-corrected chi connectivity index (χ4v) is 4.88.